The van der Waals surface area contributed by atoms with Crippen molar-refractivity contribution in [2.75, 3.05) is 17.2 Å². The van der Waals surface area contributed by atoms with Crippen LogP contribution < -0.4 is 10.6 Å². The number of carbonyl (C=O) groups excluding carboxylic acids is 1. The number of carbonyl (C=O) groups is 1. The molecule has 0 aromatic carbocycles. The Bertz CT molecular complexity index is 494. The number of nitrogens with one attached hydrogen (secondary N) is 3. The van der Waals surface area contributed by atoms with Crippen molar-refractivity contribution in [2.24, 2.45) is 0 Å². The van der Waals surface area contributed by atoms with Gasteiger partial charge < -0.3 is 10.6 Å². The molecule has 2 aromatic heterocycles. The first-order valence-electron chi connectivity index (χ1n) is 5.29. The van der Waals surface area contributed by atoms with Gasteiger partial charge in [-0.25, -0.2) is 0 Å². The molecule has 0 saturated heterocycles. The molecule has 0 unspecified atom stereocenters. The molecule has 2 rings (SSSR count). The molecule has 88 valence electrons. The zero-order valence-electron chi connectivity index (χ0n) is 9.40. The summed E-state index contributed by atoms with van der Waals surface area (Å²) in [5, 5.41) is 12.2. The van der Waals surface area contributed by atoms with Gasteiger partial charge in [-0.05, 0) is 13.0 Å². The molecule has 0 fully saturated rings. The monoisotopic (exact) mass is 231 g/mol. The Morgan fingerprint density at radius 3 is 3.06 bits per heavy atom. The average molecular weight is 231 g/mol. The lowest BCUT2D eigenvalue weighted by atomic mass is 10.2. The van der Waals surface area contributed by atoms with Crippen molar-refractivity contribution in [3.05, 3.63) is 36.4 Å². The van der Waals surface area contributed by atoms with E-state index in [1.165, 1.54) is 0 Å². The number of pyridine rings is 1. The van der Waals surface area contributed by atoms with Gasteiger partial charge in [-0.2, -0.15) is 5.10 Å². The number of nitrogens with zero attached hydrogens (tertiary/aromatic N) is 2. The summed E-state index contributed by atoms with van der Waals surface area (Å²) in [7, 11) is 0. The van der Waals surface area contributed by atoms with Crippen LogP contribution >= 0.6 is 0 Å². The zero-order valence-corrected chi connectivity index (χ0v) is 9.40. The molecule has 3 N–H and O–H groups in total. The molecule has 6 heteroatoms. The Balaban J connectivity index is 2.18. The minimum Gasteiger partial charge on any atom is -0.383 e. The lowest BCUT2D eigenvalue weighted by Gasteiger charge is -2.09. The lowest BCUT2D eigenvalue weighted by molar-refractivity contribution is 0.102. The first kappa shape index (κ1) is 11.1. The molecule has 0 aliphatic heterocycles. The third kappa shape index (κ3) is 2.60. The fraction of sp³-hybridized carbons (Fsp3) is 0.182. The summed E-state index contributed by atoms with van der Waals surface area (Å²) < 4.78 is 0. The second-order valence-corrected chi connectivity index (χ2v) is 3.39. The number of aromatic amines is 1. The van der Waals surface area contributed by atoms with E-state index in [4.69, 9.17) is 0 Å². The van der Waals surface area contributed by atoms with Crippen LogP contribution in [0.3, 0.4) is 0 Å². The Morgan fingerprint density at radius 2 is 2.35 bits per heavy atom. The predicted octanol–water partition coefficient (Wildman–Crippen LogP) is 1.49. The van der Waals surface area contributed by atoms with E-state index in [0.717, 1.165) is 12.2 Å². The molecule has 2 aromatic rings. The van der Waals surface area contributed by atoms with Crippen LogP contribution in [-0.4, -0.2) is 27.6 Å². The molecule has 17 heavy (non-hydrogen) atoms. The standard InChI is InChI=1S/C11H13N5O/c1-2-13-10-7-12-4-3-9(10)11(17)16-8-5-14-15-6-8/h3-7,13H,2H2,1H3,(H,14,15)(H,16,17). The van der Waals surface area contributed by atoms with E-state index >= 15 is 0 Å². The average Bonchev–Trinajstić information content (AvgIpc) is 2.83. The van der Waals surface area contributed by atoms with E-state index in [0.29, 0.717) is 11.3 Å². The number of hydrogen-bond donors (Lipinski definition) is 3. The summed E-state index contributed by atoms with van der Waals surface area (Å²) in [6.07, 6.45) is 6.39. The molecule has 0 radical (unpaired) electrons. The van der Waals surface area contributed by atoms with Gasteiger partial charge in [-0.3, -0.25) is 14.9 Å². The van der Waals surface area contributed by atoms with Gasteiger partial charge in [0.2, 0.25) is 0 Å². The molecule has 0 atom stereocenters. The van der Waals surface area contributed by atoms with Crippen LogP contribution in [0.5, 0.6) is 0 Å². The number of amides is 1. The predicted molar refractivity (Wildman–Crippen MR) is 64.9 cm³/mol. The fourth-order valence-corrected chi connectivity index (χ4v) is 1.44. The second kappa shape index (κ2) is 5.11. The van der Waals surface area contributed by atoms with E-state index in [-0.39, 0.29) is 5.91 Å². The smallest absolute Gasteiger partial charge is 0.257 e. The van der Waals surface area contributed by atoms with Gasteiger partial charge in [0.25, 0.3) is 5.91 Å². The van der Waals surface area contributed by atoms with Crippen molar-refractivity contribution in [1.29, 1.82) is 0 Å². The van der Waals surface area contributed by atoms with Crippen molar-refractivity contribution >= 4 is 17.3 Å². The molecule has 0 spiro atoms. The number of H-pyrrole nitrogens is 1. The minimum atomic E-state index is -0.190. The van der Waals surface area contributed by atoms with Gasteiger partial charge in [0.15, 0.2) is 0 Å². The third-order valence-electron chi connectivity index (χ3n) is 2.19. The zero-order chi connectivity index (χ0) is 12.1. The van der Waals surface area contributed by atoms with Crippen molar-refractivity contribution in [1.82, 2.24) is 15.2 Å². The number of hydrogen-bond acceptors (Lipinski definition) is 4. The van der Waals surface area contributed by atoms with E-state index in [1.807, 2.05) is 6.92 Å². The summed E-state index contributed by atoms with van der Waals surface area (Å²) in [4.78, 5) is 16.0. The summed E-state index contributed by atoms with van der Waals surface area (Å²) in [6, 6.07) is 1.67. The molecule has 0 saturated carbocycles. The Labute approximate surface area is 98.5 Å². The fourth-order valence-electron chi connectivity index (χ4n) is 1.44. The second-order valence-electron chi connectivity index (χ2n) is 3.39. The van der Waals surface area contributed by atoms with Crippen LogP contribution in [0.4, 0.5) is 11.4 Å². The number of aromatic nitrogens is 3. The number of rotatable bonds is 4. The van der Waals surface area contributed by atoms with Crippen LogP contribution in [0, 0.1) is 0 Å². The lowest BCUT2D eigenvalue weighted by Crippen LogP contribution is -2.14. The topological polar surface area (TPSA) is 82.7 Å². The Kier molecular flexibility index (Phi) is 3.34. The highest BCUT2D eigenvalue weighted by Crippen LogP contribution is 2.15. The quantitative estimate of drug-likeness (QED) is 0.744. The maximum atomic E-state index is 12.0. The summed E-state index contributed by atoms with van der Waals surface area (Å²) in [5.74, 6) is -0.190. The van der Waals surface area contributed by atoms with Crippen LogP contribution in [0.2, 0.25) is 0 Å². The normalized spacial score (nSPS) is 9.94. The van der Waals surface area contributed by atoms with Crippen LogP contribution in [-0.2, 0) is 0 Å². The highest BCUT2D eigenvalue weighted by atomic mass is 16.1. The molecule has 0 aliphatic carbocycles. The van der Waals surface area contributed by atoms with Crippen LogP contribution in [0.25, 0.3) is 0 Å². The van der Waals surface area contributed by atoms with Gasteiger partial charge in [-0.1, -0.05) is 0 Å². The molecule has 1 amide bonds. The van der Waals surface area contributed by atoms with Crippen LogP contribution in [0.15, 0.2) is 30.9 Å². The van der Waals surface area contributed by atoms with Crippen molar-refractivity contribution < 1.29 is 4.79 Å². The van der Waals surface area contributed by atoms with Gasteiger partial charge in [-0.15, -0.1) is 0 Å². The molecular formula is C11H13N5O. The molecule has 2 heterocycles. The molecule has 6 nitrogen and oxygen atoms in total. The SMILES string of the molecule is CCNc1cnccc1C(=O)Nc1cn[nH]c1. The van der Waals surface area contributed by atoms with Gasteiger partial charge in [0.05, 0.1) is 29.3 Å². The van der Waals surface area contributed by atoms with Crippen LogP contribution in [0.1, 0.15) is 17.3 Å². The molecule has 0 aliphatic rings. The van der Waals surface area contributed by atoms with Gasteiger partial charge in [0.1, 0.15) is 0 Å². The van der Waals surface area contributed by atoms with E-state index in [9.17, 15) is 4.79 Å². The largest absolute Gasteiger partial charge is 0.383 e. The first-order chi connectivity index (χ1) is 8.31. The van der Waals surface area contributed by atoms with Crippen molar-refractivity contribution in [3.63, 3.8) is 0 Å². The maximum absolute atomic E-state index is 12.0. The van der Waals surface area contributed by atoms with Gasteiger partial charge in [0, 0.05) is 18.9 Å². The summed E-state index contributed by atoms with van der Waals surface area (Å²) in [6.45, 7) is 2.70. The van der Waals surface area contributed by atoms with Crippen molar-refractivity contribution in [3.8, 4) is 0 Å². The maximum Gasteiger partial charge on any atom is 0.257 e. The minimum absolute atomic E-state index is 0.190. The molecular weight excluding hydrogens is 218 g/mol. The van der Waals surface area contributed by atoms with Gasteiger partial charge >= 0.3 is 0 Å². The van der Waals surface area contributed by atoms with Crippen molar-refractivity contribution in [2.45, 2.75) is 6.92 Å². The van der Waals surface area contributed by atoms with E-state index < -0.39 is 0 Å². The Hall–Kier alpha value is -2.37. The molecule has 0 bridgehead atoms. The Morgan fingerprint density at radius 1 is 1.47 bits per heavy atom. The highest BCUT2D eigenvalue weighted by molar-refractivity contribution is 6.07. The summed E-state index contributed by atoms with van der Waals surface area (Å²) in [5.41, 5.74) is 1.91. The summed E-state index contributed by atoms with van der Waals surface area (Å²) >= 11 is 0. The third-order valence-corrected chi connectivity index (χ3v) is 2.19. The van der Waals surface area contributed by atoms with E-state index in [2.05, 4.69) is 25.8 Å². The number of anilines is 2. The van der Waals surface area contributed by atoms with E-state index in [1.54, 1.807) is 30.9 Å². The first-order valence-corrected chi connectivity index (χ1v) is 5.29. The highest BCUT2D eigenvalue weighted by Gasteiger charge is 2.11.